The molecule has 108 valence electrons. The number of nitro benzene ring substituents is 1. The van der Waals surface area contributed by atoms with E-state index in [4.69, 9.17) is 11.6 Å². The highest BCUT2D eigenvalue weighted by Crippen LogP contribution is 2.27. The third-order valence-electron chi connectivity index (χ3n) is 3.82. The van der Waals surface area contributed by atoms with E-state index in [1.807, 2.05) is 6.07 Å². The third-order valence-corrected chi connectivity index (χ3v) is 4.14. The molecular weight excluding hydrogens is 288 g/mol. The Bertz CT molecular complexity index is 688. The lowest BCUT2D eigenvalue weighted by Crippen LogP contribution is -2.29. The summed E-state index contributed by atoms with van der Waals surface area (Å²) < 4.78 is 0. The first kappa shape index (κ1) is 14.0. The van der Waals surface area contributed by atoms with Gasteiger partial charge >= 0.3 is 0 Å². The molecule has 1 aliphatic heterocycles. The first-order valence-electron chi connectivity index (χ1n) is 6.85. The predicted molar refractivity (Wildman–Crippen MR) is 82.4 cm³/mol. The summed E-state index contributed by atoms with van der Waals surface area (Å²) in [5, 5.41) is 11.1. The van der Waals surface area contributed by atoms with Crippen molar-refractivity contribution in [2.24, 2.45) is 0 Å². The van der Waals surface area contributed by atoms with Gasteiger partial charge in [-0.1, -0.05) is 41.9 Å². The molecule has 0 unspecified atom stereocenters. The first-order valence-corrected chi connectivity index (χ1v) is 7.23. The van der Waals surface area contributed by atoms with E-state index in [1.165, 1.54) is 11.1 Å². The fourth-order valence-electron chi connectivity index (χ4n) is 2.74. The fourth-order valence-corrected chi connectivity index (χ4v) is 2.93. The molecule has 2 aromatic rings. The quantitative estimate of drug-likeness (QED) is 0.640. The van der Waals surface area contributed by atoms with E-state index in [2.05, 4.69) is 29.2 Å². The summed E-state index contributed by atoms with van der Waals surface area (Å²) in [5.41, 5.74) is 3.64. The zero-order valence-corrected chi connectivity index (χ0v) is 12.2. The van der Waals surface area contributed by atoms with Gasteiger partial charge < -0.3 is 0 Å². The predicted octanol–water partition coefficient (Wildman–Crippen LogP) is 3.81. The van der Waals surface area contributed by atoms with Crippen molar-refractivity contribution in [2.75, 3.05) is 6.54 Å². The van der Waals surface area contributed by atoms with E-state index >= 15 is 0 Å². The van der Waals surface area contributed by atoms with E-state index in [0.717, 1.165) is 25.1 Å². The fraction of sp³-hybridized carbons (Fsp3) is 0.250. The lowest BCUT2D eigenvalue weighted by Gasteiger charge is -2.28. The van der Waals surface area contributed by atoms with Crippen molar-refractivity contribution in [3.8, 4) is 0 Å². The molecule has 0 aliphatic carbocycles. The summed E-state index contributed by atoms with van der Waals surface area (Å²) in [7, 11) is 0. The molecule has 0 bridgehead atoms. The number of halogens is 1. The lowest BCUT2D eigenvalue weighted by molar-refractivity contribution is -0.384. The van der Waals surface area contributed by atoms with E-state index in [1.54, 1.807) is 12.1 Å². The third kappa shape index (κ3) is 3.06. The van der Waals surface area contributed by atoms with E-state index < -0.39 is 4.92 Å². The molecule has 4 nitrogen and oxygen atoms in total. The summed E-state index contributed by atoms with van der Waals surface area (Å²) >= 11 is 5.85. The highest BCUT2D eigenvalue weighted by molar-refractivity contribution is 6.32. The first-order chi connectivity index (χ1) is 10.1. The number of fused-ring (bicyclic) bond motifs is 1. The number of nitrogens with zero attached hydrogens (tertiary/aromatic N) is 2. The lowest BCUT2D eigenvalue weighted by atomic mass is 9.99. The van der Waals surface area contributed by atoms with Gasteiger partial charge in [-0.2, -0.15) is 0 Å². The molecule has 21 heavy (non-hydrogen) atoms. The smallest absolute Gasteiger partial charge is 0.288 e. The maximum atomic E-state index is 10.9. The molecule has 1 heterocycles. The summed E-state index contributed by atoms with van der Waals surface area (Å²) in [6.07, 6.45) is 1.02. The van der Waals surface area contributed by atoms with Crippen molar-refractivity contribution in [2.45, 2.75) is 19.5 Å². The van der Waals surface area contributed by atoms with Gasteiger partial charge in [0.15, 0.2) is 0 Å². The van der Waals surface area contributed by atoms with E-state index in [-0.39, 0.29) is 10.7 Å². The average molecular weight is 303 g/mol. The van der Waals surface area contributed by atoms with Gasteiger partial charge in [0, 0.05) is 25.7 Å². The normalized spacial score (nSPS) is 14.7. The summed E-state index contributed by atoms with van der Waals surface area (Å²) in [6.45, 7) is 2.55. The van der Waals surface area contributed by atoms with Crippen LogP contribution in [0.4, 0.5) is 5.69 Å². The van der Waals surface area contributed by atoms with Gasteiger partial charge in [-0.05, 0) is 29.2 Å². The monoisotopic (exact) mass is 302 g/mol. The molecule has 2 aromatic carbocycles. The topological polar surface area (TPSA) is 46.4 Å². The summed E-state index contributed by atoms with van der Waals surface area (Å²) in [5.74, 6) is 0. The molecule has 5 heteroatoms. The minimum absolute atomic E-state index is 0.0217. The highest BCUT2D eigenvalue weighted by Gasteiger charge is 2.18. The van der Waals surface area contributed by atoms with Crippen molar-refractivity contribution in [1.82, 2.24) is 4.90 Å². The SMILES string of the molecule is O=[N+]([O-])c1cc(CN2CCc3ccccc3C2)ccc1Cl. The Hall–Kier alpha value is -1.91. The van der Waals surface area contributed by atoms with Crippen LogP contribution in [0.15, 0.2) is 42.5 Å². The van der Waals surface area contributed by atoms with Gasteiger partial charge in [0.05, 0.1) is 4.92 Å². The van der Waals surface area contributed by atoms with Crippen LogP contribution >= 0.6 is 11.6 Å². The zero-order chi connectivity index (χ0) is 14.8. The highest BCUT2D eigenvalue weighted by atomic mass is 35.5. The van der Waals surface area contributed by atoms with Gasteiger partial charge in [0.2, 0.25) is 0 Å². The number of rotatable bonds is 3. The minimum Gasteiger partial charge on any atom is -0.294 e. The van der Waals surface area contributed by atoms with Gasteiger partial charge in [-0.25, -0.2) is 0 Å². The average Bonchev–Trinajstić information content (AvgIpc) is 2.49. The largest absolute Gasteiger partial charge is 0.294 e. The standard InChI is InChI=1S/C16H15ClN2O2/c17-15-6-5-12(9-16(15)19(20)21)10-18-8-7-13-3-1-2-4-14(13)11-18/h1-6,9H,7-8,10-11H2. The Balaban J connectivity index is 1.76. The Kier molecular flexibility index (Phi) is 3.90. The van der Waals surface area contributed by atoms with Crippen LogP contribution in [0.2, 0.25) is 5.02 Å². The molecule has 0 amide bonds. The van der Waals surface area contributed by atoms with Crippen molar-refractivity contribution in [3.05, 3.63) is 74.3 Å². The van der Waals surface area contributed by atoms with Gasteiger partial charge in [0.1, 0.15) is 5.02 Å². The molecule has 0 saturated heterocycles. The maximum Gasteiger partial charge on any atom is 0.288 e. The molecule has 0 aromatic heterocycles. The number of benzene rings is 2. The van der Waals surface area contributed by atoms with Crippen molar-refractivity contribution >= 4 is 17.3 Å². The van der Waals surface area contributed by atoms with Gasteiger partial charge in [-0.15, -0.1) is 0 Å². The van der Waals surface area contributed by atoms with Crippen molar-refractivity contribution in [3.63, 3.8) is 0 Å². The summed E-state index contributed by atoms with van der Waals surface area (Å²) in [4.78, 5) is 12.8. The van der Waals surface area contributed by atoms with E-state index in [0.29, 0.717) is 6.54 Å². The van der Waals surface area contributed by atoms with Crippen LogP contribution in [-0.2, 0) is 19.5 Å². The zero-order valence-electron chi connectivity index (χ0n) is 11.5. The molecule has 0 spiro atoms. The summed E-state index contributed by atoms with van der Waals surface area (Å²) in [6, 6.07) is 13.5. The Labute approximate surface area is 128 Å². The van der Waals surface area contributed by atoms with Crippen LogP contribution < -0.4 is 0 Å². The van der Waals surface area contributed by atoms with Crippen LogP contribution in [0.5, 0.6) is 0 Å². The van der Waals surface area contributed by atoms with Crippen LogP contribution in [0.3, 0.4) is 0 Å². The Morgan fingerprint density at radius 1 is 1.19 bits per heavy atom. The van der Waals surface area contributed by atoms with Gasteiger partial charge in [-0.3, -0.25) is 15.0 Å². The molecule has 3 rings (SSSR count). The molecule has 0 fully saturated rings. The maximum absolute atomic E-state index is 10.9. The van der Waals surface area contributed by atoms with Gasteiger partial charge in [0.25, 0.3) is 5.69 Å². The number of nitro groups is 1. The second-order valence-corrected chi connectivity index (χ2v) is 5.68. The van der Waals surface area contributed by atoms with Crippen LogP contribution in [0.1, 0.15) is 16.7 Å². The number of hydrogen-bond donors (Lipinski definition) is 0. The Morgan fingerprint density at radius 3 is 2.71 bits per heavy atom. The van der Waals surface area contributed by atoms with Crippen LogP contribution in [-0.4, -0.2) is 16.4 Å². The van der Waals surface area contributed by atoms with Crippen molar-refractivity contribution in [1.29, 1.82) is 0 Å². The molecular formula is C16H15ClN2O2. The molecule has 0 atom stereocenters. The molecule has 0 saturated carbocycles. The molecule has 0 N–H and O–H groups in total. The van der Waals surface area contributed by atoms with Crippen LogP contribution in [0, 0.1) is 10.1 Å². The van der Waals surface area contributed by atoms with E-state index in [9.17, 15) is 10.1 Å². The number of hydrogen-bond acceptors (Lipinski definition) is 3. The molecule has 0 radical (unpaired) electrons. The Morgan fingerprint density at radius 2 is 1.95 bits per heavy atom. The van der Waals surface area contributed by atoms with Crippen molar-refractivity contribution < 1.29 is 4.92 Å². The minimum atomic E-state index is -0.433. The molecule has 1 aliphatic rings. The second-order valence-electron chi connectivity index (χ2n) is 5.27. The van der Waals surface area contributed by atoms with Crippen LogP contribution in [0.25, 0.3) is 0 Å². The second kappa shape index (κ2) is 5.84.